The predicted molar refractivity (Wildman–Crippen MR) is 105 cm³/mol. The van der Waals surface area contributed by atoms with E-state index in [2.05, 4.69) is 0 Å². The number of ether oxygens (including phenoxy) is 1. The number of aromatic hydroxyl groups is 1. The highest BCUT2D eigenvalue weighted by atomic mass is 32.2. The first-order chi connectivity index (χ1) is 13.2. The summed E-state index contributed by atoms with van der Waals surface area (Å²) < 4.78 is 32.4. The number of carbonyl (C=O) groups excluding carboxylic acids is 1. The van der Waals surface area contributed by atoms with Crippen molar-refractivity contribution < 1.29 is 23.1 Å². The van der Waals surface area contributed by atoms with Crippen molar-refractivity contribution in [2.24, 2.45) is 0 Å². The molecule has 28 heavy (non-hydrogen) atoms. The molecule has 2 aromatic rings. The average Bonchev–Trinajstić information content (AvgIpc) is 2.69. The highest BCUT2D eigenvalue weighted by Gasteiger charge is 2.32. The number of methoxy groups -OCH3 is 1. The fourth-order valence-corrected chi connectivity index (χ4v) is 4.85. The summed E-state index contributed by atoms with van der Waals surface area (Å²) >= 11 is 0. The largest absolute Gasteiger partial charge is 0.507 e. The van der Waals surface area contributed by atoms with E-state index < -0.39 is 10.0 Å². The lowest BCUT2D eigenvalue weighted by Crippen LogP contribution is -2.50. The number of phenols is 1. The van der Waals surface area contributed by atoms with Crippen LogP contribution in [0.1, 0.15) is 21.5 Å². The number of sulfonamides is 1. The van der Waals surface area contributed by atoms with Crippen LogP contribution in [-0.4, -0.2) is 61.9 Å². The number of aryl methyl sites for hydroxylation is 2. The Morgan fingerprint density at radius 2 is 1.61 bits per heavy atom. The maximum Gasteiger partial charge on any atom is 0.257 e. The molecule has 0 atom stereocenters. The van der Waals surface area contributed by atoms with Crippen LogP contribution in [0, 0.1) is 13.8 Å². The predicted octanol–water partition coefficient (Wildman–Crippen LogP) is 2.16. The molecule has 0 radical (unpaired) electrons. The molecule has 0 unspecified atom stereocenters. The molecule has 1 fully saturated rings. The summed E-state index contributed by atoms with van der Waals surface area (Å²) in [5.74, 6) is 0.0416. The Morgan fingerprint density at radius 3 is 2.25 bits per heavy atom. The molecule has 0 bridgehead atoms. The third kappa shape index (κ3) is 3.83. The van der Waals surface area contributed by atoms with Gasteiger partial charge in [-0.05, 0) is 43.7 Å². The second-order valence-corrected chi connectivity index (χ2v) is 8.78. The van der Waals surface area contributed by atoms with Gasteiger partial charge in [0.15, 0.2) is 0 Å². The molecule has 1 saturated heterocycles. The number of benzene rings is 2. The number of hydrogen-bond acceptors (Lipinski definition) is 5. The van der Waals surface area contributed by atoms with Gasteiger partial charge in [0, 0.05) is 26.2 Å². The molecule has 7 nitrogen and oxygen atoms in total. The van der Waals surface area contributed by atoms with E-state index in [4.69, 9.17) is 4.74 Å². The van der Waals surface area contributed by atoms with Crippen molar-refractivity contribution in [3.05, 3.63) is 53.1 Å². The number of rotatable bonds is 4. The summed E-state index contributed by atoms with van der Waals surface area (Å²) in [4.78, 5) is 14.4. The summed E-state index contributed by atoms with van der Waals surface area (Å²) in [5, 5.41) is 9.99. The van der Waals surface area contributed by atoms with Gasteiger partial charge in [0.05, 0.1) is 12.7 Å². The van der Waals surface area contributed by atoms with E-state index in [1.165, 1.54) is 23.5 Å². The summed E-state index contributed by atoms with van der Waals surface area (Å²) in [5.41, 5.74) is 2.16. The summed E-state index contributed by atoms with van der Waals surface area (Å²) in [6, 6.07) is 9.89. The lowest BCUT2D eigenvalue weighted by Gasteiger charge is -2.34. The second-order valence-electron chi connectivity index (χ2n) is 6.87. The van der Waals surface area contributed by atoms with Crippen molar-refractivity contribution in [3.8, 4) is 11.5 Å². The minimum absolute atomic E-state index is 0.104. The molecular formula is C20H24N2O5S. The van der Waals surface area contributed by atoms with Crippen molar-refractivity contribution in [1.29, 1.82) is 0 Å². The topological polar surface area (TPSA) is 87.2 Å². The maximum atomic E-state index is 12.9. The monoisotopic (exact) mass is 404 g/mol. The molecule has 0 aliphatic carbocycles. The molecule has 1 aliphatic heterocycles. The molecule has 0 aromatic heterocycles. The van der Waals surface area contributed by atoms with Crippen molar-refractivity contribution >= 4 is 15.9 Å². The Balaban J connectivity index is 1.77. The summed E-state index contributed by atoms with van der Waals surface area (Å²) in [7, 11) is -2.31. The quantitative estimate of drug-likeness (QED) is 0.844. The normalized spacial score (nSPS) is 15.5. The number of nitrogens with zero attached hydrogens (tertiary/aromatic N) is 2. The average molecular weight is 404 g/mol. The molecule has 1 aliphatic rings. The van der Waals surface area contributed by atoms with E-state index >= 15 is 0 Å². The molecule has 1 N–H and O–H groups in total. The smallest absolute Gasteiger partial charge is 0.257 e. The number of hydrogen-bond donors (Lipinski definition) is 1. The van der Waals surface area contributed by atoms with E-state index in [9.17, 15) is 18.3 Å². The SMILES string of the molecule is COc1ccc(C)cc1C(=O)N1CCN(S(=O)(=O)c2cc(C)ccc2O)CC1. The van der Waals surface area contributed by atoms with Gasteiger partial charge in [0.25, 0.3) is 5.91 Å². The third-order valence-electron chi connectivity index (χ3n) is 4.84. The van der Waals surface area contributed by atoms with Crippen LogP contribution >= 0.6 is 0 Å². The first-order valence-electron chi connectivity index (χ1n) is 8.97. The summed E-state index contributed by atoms with van der Waals surface area (Å²) in [6.07, 6.45) is 0. The van der Waals surface area contributed by atoms with Gasteiger partial charge in [-0.25, -0.2) is 8.42 Å². The molecule has 3 rings (SSSR count). The number of phenolic OH excluding ortho intramolecular Hbond substituents is 1. The van der Waals surface area contributed by atoms with Crippen LogP contribution in [0.25, 0.3) is 0 Å². The standard InChI is InChI=1S/C20H24N2O5S/c1-14-5-7-18(27-3)16(12-14)20(24)21-8-10-22(11-9-21)28(25,26)19-13-15(2)4-6-17(19)23/h4-7,12-13,23H,8-11H2,1-3H3. The Bertz CT molecular complexity index is 996. The lowest BCUT2D eigenvalue weighted by atomic mass is 10.1. The van der Waals surface area contributed by atoms with Gasteiger partial charge in [-0.1, -0.05) is 17.7 Å². The number of carbonyl (C=O) groups is 1. The molecule has 0 saturated carbocycles. The van der Waals surface area contributed by atoms with E-state index in [1.54, 1.807) is 30.0 Å². The second kappa shape index (κ2) is 7.81. The van der Waals surface area contributed by atoms with Crippen LogP contribution in [0.3, 0.4) is 0 Å². The Labute approximate surface area is 165 Å². The van der Waals surface area contributed by atoms with Gasteiger partial charge in [0.1, 0.15) is 16.4 Å². The van der Waals surface area contributed by atoms with Gasteiger partial charge in [-0.15, -0.1) is 0 Å². The minimum Gasteiger partial charge on any atom is -0.507 e. The van der Waals surface area contributed by atoms with Crippen LogP contribution in [0.2, 0.25) is 0 Å². The van der Waals surface area contributed by atoms with Crippen LogP contribution < -0.4 is 4.74 Å². The molecule has 8 heteroatoms. The highest BCUT2D eigenvalue weighted by molar-refractivity contribution is 7.89. The molecule has 1 amide bonds. The molecular weight excluding hydrogens is 380 g/mol. The van der Waals surface area contributed by atoms with E-state index in [-0.39, 0.29) is 42.7 Å². The minimum atomic E-state index is -3.83. The van der Waals surface area contributed by atoms with Gasteiger partial charge in [0.2, 0.25) is 10.0 Å². The van der Waals surface area contributed by atoms with Crippen LogP contribution in [0.5, 0.6) is 11.5 Å². The Kier molecular flexibility index (Phi) is 5.62. The Morgan fingerprint density at radius 1 is 1.00 bits per heavy atom. The Hall–Kier alpha value is -2.58. The maximum absolute atomic E-state index is 12.9. The zero-order chi connectivity index (χ0) is 20.5. The van der Waals surface area contributed by atoms with Gasteiger partial charge in [-0.2, -0.15) is 4.31 Å². The third-order valence-corrected chi connectivity index (χ3v) is 6.77. The van der Waals surface area contributed by atoms with E-state index in [1.807, 2.05) is 13.0 Å². The van der Waals surface area contributed by atoms with E-state index in [0.717, 1.165) is 11.1 Å². The fraction of sp³-hybridized carbons (Fsp3) is 0.350. The van der Waals surface area contributed by atoms with Gasteiger partial charge >= 0.3 is 0 Å². The van der Waals surface area contributed by atoms with E-state index in [0.29, 0.717) is 11.3 Å². The number of amides is 1. The molecule has 1 heterocycles. The van der Waals surface area contributed by atoms with Crippen molar-refractivity contribution in [1.82, 2.24) is 9.21 Å². The molecule has 0 spiro atoms. The van der Waals surface area contributed by atoms with Gasteiger partial charge < -0.3 is 14.7 Å². The van der Waals surface area contributed by atoms with Crippen LogP contribution in [0.15, 0.2) is 41.3 Å². The fourth-order valence-electron chi connectivity index (χ4n) is 3.26. The molecule has 150 valence electrons. The highest BCUT2D eigenvalue weighted by Crippen LogP contribution is 2.28. The zero-order valence-corrected chi connectivity index (χ0v) is 17.0. The first kappa shape index (κ1) is 20.2. The van der Waals surface area contributed by atoms with Gasteiger partial charge in [-0.3, -0.25) is 4.79 Å². The summed E-state index contributed by atoms with van der Waals surface area (Å²) in [6.45, 7) is 4.52. The lowest BCUT2D eigenvalue weighted by molar-refractivity contribution is 0.0694. The first-order valence-corrected chi connectivity index (χ1v) is 10.4. The van der Waals surface area contributed by atoms with Crippen molar-refractivity contribution in [2.75, 3.05) is 33.3 Å². The van der Waals surface area contributed by atoms with Crippen molar-refractivity contribution in [3.63, 3.8) is 0 Å². The van der Waals surface area contributed by atoms with Crippen LogP contribution in [-0.2, 0) is 10.0 Å². The zero-order valence-electron chi connectivity index (χ0n) is 16.2. The molecule has 2 aromatic carbocycles. The number of piperazine rings is 1. The van der Waals surface area contributed by atoms with Crippen molar-refractivity contribution in [2.45, 2.75) is 18.7 Å². The van der Waals surface area contributed by atoms with Crippen LogP contribution in [0.4, 0.5) is 0 Å².